The van der Waals surface area contributed by atoms with Crippen LogP contribution in [-0.2, 0) is 9.53 Å². The zero-order valence-corrected chi connectivity index (χ0v) is 9.94. The lowest BCUT2D eigenvalue weighted by atomic mass is 9.89. The van der Waals surface area contributed by atoms with Gasteiger partial charge in [0.05, 0.1) is 12.5 Å². The monoisotopic (exact) mass is 248 g/mol. The lowest BCUT2D eigenvalue weighted by molar-refractivity contribution is -0.117. The first-order valence-electron chi connectivity index (χ1n) is 5.85. The van der Waals surface area contributed by atoms with Crippen LogP contribution in [-0.4, -0.2) is 30.2 Å². The van der Waals surface area contributed by atoms with Gasteiger partial charge in [0.15, 0.2) is 5.60 Å². The standard InChI is InChI=1S/C13H13FN2O2/c1-13(7-18-13)12(17)11-10(6-15-16-11)8-2-4-9(14)5-3-8/h2-5,10,15H,6-7H2,1H3/t10-,13-/m0/s1. The minimum absolute atomic E-state index is 0.0816. The van der Waals surface area contributed by atoms with Crippen molar-refractivity contribution in [3.63, 3.8) is 0 Å². The van der Waals surface area contributed by atoms with Crippen LogP contribution in [0.5, 0.6) is 0 Å². The van der Waals surface area contributed by atoms with Crippen molar-refractivity contribution in [2.45, 2.75) is 18.4 Å². The Balaban J connectivity index is 1.87. The second-order valence-electron chi connectivity index (χ2n) is 4.81. The average Bonchev–Trinajstić information content (AvgIpc) is 2.94. The molecule has 0 spiro atoms. The highest BCUT2D eigenvalue weighted by Gasteiger charge is 2.51. The summed E-state index contributed by atoms with van der Waals surface area (Å²) in [4.78, 5) is 12.2. The van der Waals surface area contributed by atoms with Crippen LogP contribution in [0, 0.1) is 5.82 Å². The van der Waals surface area contributed by atoms with Gasteiger partial charge in [-0.25, -0.2) is 4.39 Å². The summed E-state index contributed by atoms with van der Waals surface area (Å²) in [5.74, 6) is -0.493. The van der Waals surface area contributed by atoms with Crippen molar-refractivity contribution in [1.82, 2.24) is 5.43 Å². The molecule has 0 aliphatic carbocycles. The van der Waals surface area contributed by atoms with E-state index in [-0.39, 0.29) is 17.5 Å². The van der Waals surface area contributed by atoms with Gasteiger partial charge in [-0.2, -0.15) is 5.10 Å². The summed E-state index contributed by atoms with van der Waals surface area (Å²) >= 11 is 0. The number of ketones is 1. The average molecular weight is 248 g/mol. The molecule has 3 rings (SSSR count). The minimum atomic E-state index is -0.705. The van der Waals surface area contributed by atoms with E-state index in [0.717, 1.165) is 5.56 Å². The number of benzene rings is 1. The summed E-state index contributed by atoms with van der Waals surface area (Å²) < 4.78 is 18.1. The Morgan fingerprint density at radius 1 is 1.50 bits per heavy atom. The topological polar surface area (TPSA) is 54.0 Å². The van der Waals surface area contributed by atoms with Gasteiger partial charge in [0.25, 0.3) is 0 Å². The van der Waals surface area contributed by atoms with E-state index in [4.69, 9.17) is 4.74 Å². The highest BCUT2D eigenvalue weighted by atomic mass is 19.1. The number of halogens is 1. The Labute approximate surface area is 104 Å². The summed E-state index contributed by atoms with van der Waals surface area (Å²) in [5, 5.41) is 4.07. The van der Waals surface area contributed by atoms with Crippen molar-refractivity contribution in [2.75, 3.05) is 13.2 Å². The Hall–Kier alpha value is -1.75. The predicted molar refractivity (Wildman–Crippen MR) is 63.9 cm³/mol. The molecule has 1 aromatic carbocycles. The number of hydrazone groups is 1. The smallest absolute Gasteiger partial charge is 0.213 e. The Kier molecular flexibility index (Phi) is 2.45. The van der Waals surface area contributed by atoms with Gasteiger partial charge in [-0.05, 0) is 24.6 Å². The van der Waals surface area contributed by atoms with E-state index in [1.165, 1.54) is 12.1 Å². The molecule has 2 heterocycles. The number of Topliss-reactive ketones (excluding diaryl/α,β-unsaturated/α-hetero) is 1. The maximum Gasteiger partial charge on any atom is 0.213 e. The predicted octanol–water partition coefficient (Wildman–Crippen LogP) is 1.23. The Morgan fingerprint density at radius 3 is 2.78 bits per heavy atom. The number of rotatable bonds is 3. The van der Waals surface area contributed by atoms with Crippen LogP contribution in [0.2, 0.25) is 0 Å². The van der Waals surface area contributed by atoms with Crippen molar-refractivity contribution >= 4 is 11.5 Å². The van der Waals surface area contributed by atoms with Crippen LogP contribution in [0.1, 0.15) is 18.4 Å². The van der Waals surface area contributed by atoms with Crippen LogP contribution in [0.15, 0.2) is 29.4 Å². The van der Waals surface area contributed by atoms with Gasteiger partial charge in [-0.15, -0.1) is 0 Å². The number of carbonyl (C=O) groups excluding carboxylic acids is 1. The second-order valence-corrected chi connectivity index (χ2v) is 4.81. The van der Waals surface area contributed by atoms with Gasteiger partial charge in [0.1, 0.15) is 11.5 Å². The molecule has 1 N–H and O–H groups in total. The van der Waals surface area contributed by atoms with E-state index in [9.17, 15) is 9.18 Å². The highest BCUT2D eigenvalue weighted by Crippen LogP contribution is 2.32. The van der Waals surface area contributed by atoms with E-state index >= 15 is 0 Å². The second kappa shape index (κ2) is 3.88. The molecule has 2 atom stereocenters. The lowest BCUT2D eigenvalue weighted by Gasteiger charge is -2.12. The molecule has 94 valence electrons. The lowest BCUT2D eigenvalue weighted by Crippen LogP contribution is -2.32. The quantitative estimate of drug-likeness (QED) is 0.818. The number of nitrogens with one attached hydrogen (secondary N) is 1. The first-order chi connectivity index (χ1) is 8.60. The van der Waals surface area contributed by atoms with Crippen molar-refractivity contribution in [2.24, 2.45) is 5.10 Å². The molecule has 1 fully saturated rings. The fraction of sp³-hybridized carbons (Fsp3) is 0.385. The fourth-order valence-electron chi connectivity index (χ4n) is 2.09. The Bertz CT molecular complexity index is 520. The van der Waals surface area contributed by atoms with Crippen LogP contribution < -0.4 is 5.43 Å². The molecule has 0 saturated carbocycles. The molecule has 0 aromatic heterocycles. The molecule has 4 nitrogen and oxygen atoms in total. The van der Waals surface area contributed by atoms with E-state index in [2.05, 4.69) is 10.5 Å². The van der Waals surface area contributed by atoms with E-state index in [1.54, 1.807) is 19.1 Å². The van der Waals surface area contributed by atoms with Crippen molar-refractivity contribution in [1.29, 1.82) is 0 Å². The van der Waals surface area contributed by atoms with Crippen LogP contribution in [0.4, 0.5) is 4.39 Å². The summed E-state index contributed by atoms with van der Waals surface area (Å²) in [5.41, 5.74) is 3.49. The number of hydrogen-bond acceptors (Lipinski definition) is 4. The number of hydrogen-bond donors (Lipinski definition) is 1. The van der Waals surface area contributed by atoms with Gasteiger partial charge >= 0.3 is 0 Å². The van der Waals surface area contributed by atoms with Crippen LogP contribution >= 0.6 is 0 Å². The SMILES string of the molecule is C[C@@]1(C(=O)C2=NNC[C@H]2c2ccc(F)cc2)CO1. The number of nitrogens with zero attached hydrogens (tertiary/aromatic N) is 1. The molecular weight excluding hydrogens is 235 g/mol. The van der Waals surface area contributed by atoms with E-state index < -0.39 is 5.60 Å². The maximum absolute atomic E-state index is 12.9. The zero-order valence-electron chi connectivity index (χ0n) is 9.94. The number of epoxide rings is 1. The molecule has 0 unspecified atom stereocenters. The summed E-state index contributed by atoms with van der Waals surface area (Å²) in [6, 6.07) is 6.16. The van der Waals surface area contributed by atoms with Crippen molar-refractivity contribution in [3.05, 3.63) is 35.6 Å². The third kappa shape index (κ3) is 1.80. The summed E-state index contributed by atoms with van der Waals surface area (Å²) in [7, 11) is 0. The molecule has 0 bridgehead atoms. The number of carbonyl (C=O) groups is 1. The van der Waals surface area contributed by atoms with Gasteiger partial charge in [0, 0.05) is 6.54 Å². The molecule has 2 aliphatic rings. The third-order valence-electron chi connectivity index (χ3n) is 3.39. The molecular formula is C13H13FN2O2. The van der Waals surface area contributed by atoms with E-state index in [0.29, 0.717) is 18.9 Å². The Morgan fingerprint density at radius 2 is 2.17 bits per heavy atom. The van der Waals surface area contributed by atoms with Gasteiger partial charge < -0.3 is 10.2 Å². The molecule has 5 heteroatoms. The molecule has 0 radical (unpaired) electrons. The van der Waals surface area contributed by atoms with Crippen LogP contribution in [0.3, 0.4) is 0 Å². The third-order valence-corrected chi connectivity index (χ3v) is 3.39. The largest absolute Gasteiger partial charge is 0.361 e. The summed E-state index contributed by atoms with van der Waals surface area (Å²) in [6.45, 7) is 2.77. The first-order valence-corrected chi connectivity index (χ1v) is 5.85. The normalized spacial score (nSPS) is 29.7. The van der Waals surface area contributed by atoms with Crippen molar-refractivity contribution < 1.29 is 13.9 Å². The minimum Gasteiger partial charge on any atom is -0.361 e. The summed E-state index contributed by atoms with van der Waals surface area (Å²) in [6.07, 6.45) is 0. The number of ether oxygens (including phenoxy) is 1. The van der Waals surface area contributed by atoms with Gasteiger partial charge in [-0.3, -0.25) is 4.79 Å². The van der Waals surface area contributed by atoms with Gasteiger partial charge in [0.2, 0.25) is 5.78 Å². The fourth-order valence-corrected chi connectivity index (χ4v) is 2.09. The first kappa shape index (κ1) is 11.3. The highest BCUT2D eigenvalue weighted by molar-refractivity contribution is 6.45. The molecule has 2 aliphatic heterocycles. The van der Waals surface area contributed by atoms with Crippen molar-refractivity contribution in [3.8, 4) is 0 Å². The van der Waals surface area contributed by atoms with Gasteiger partial charge in [-0.1, -0.05) is 12.1 Å². The molecule has 0 amide bonds. The van der Waals surface area contributed by atoms with E-state index in [1.807, 2.05) is 0 Å². The molecule has 1 saturated heterocycles. The molecule has 18 heavy (non-hydrogen) atoms. The maximum atomic E-state index is 12.9. The zero-order chi connectivity index (χ0) is 12.8. The van der Waals surface area contributed by atoms with Crippen LogP contribution in [0.25, 0.3) is 0 Å². The molecule has 1 aromatic rings.